The third-order valence-corrected chi connectivity index (χ3v) is 2.97. The molecular weight excluding hydrogens is 304 g/mol. The Balaban J connectivity index is 1.93. The Kier molecular flexibility index (Phi) is 4.98. The molecule has 98 valence electrons. The maximum Gasteiger partial charge on any atom is 0.119 e. The molecule has 0 saturated carbocycles. The topological polar surface area (TPSA) is 33.6 Å². The molecule has 4 heteroatoms. The molecule has 0 aliphatic rings. The molecule has 0 atom stereocenters. The molecule has 2 rings (SSSR count). The van der Waals surface area contributed by atoms with Crippen molar-refractivity contribution in [3.63, 3.8) is 0 Å². The number of nitrogens with zero attached hydrogens (tertiary/aromatic N) is 1. The van der Waals surface area contributed by atoms with E-state index in [4.69, 9.17) is 4.74 Å². The molecule has 2 aromatic rings. The summed E-state index contributed by atoms with van der Waals surface area (Å²) >= 11 is 3.39. The van der Waals surface area contributed by atoms with Crippen LogP contribution in [-0.2, 0) is 0 Å². The molecule has 0 bridgehead atoms. The van der Waals surface area contributed by atoms with Gasteiger partial charge in [-0.05, 0) is 61.0 Å². The van der Waals surface area contributed by atoms with E-state index in [2.05, 4.69) is 26.5 Å². The Bertz CT molecular complexity index is 535. The van der Waals surface area contributed by atoms with Crippen LogP contribution in [0.3, 0.4) is 0 Å². The van der Waals surface area contributed by atoms with Gasteiger partial charge in [0, 0.05) is 4.47 Å². The fourth-order valence-electron chi connectivity index (χ4n) is 1.52. The summed E-state index contributed by atoms with van der Waals surface area (Å²) in [6.45, 7) is 2.65. The molecule has 0 aliphatic heterocycles. The van der Waals surface area contributed by atoms with E-state index in [-0.39, 0.29) is 0 Å². The van der Waals surface area contributed by atoms with Crippen LogP contribution in [0.15, 0.2) is 58.1 Å². The highest BCUT2D eigenvalue weighted by atomic mass is 79.9. The molecule has 1 N–H and O–H groups in total. The Labute approximate surface area is 121 Å². The second-order valence-electron chi connectivity index (χ2n) is 3.88. The SMILES string of the molecule is CCOc1ccc(/C=N/Nc2ccc(Br)cc2)cc1. The molecule has 0 unspecified atom stereocenters. The summed E-state index contributed by atoms with van der Waals surface area (Å²) in [5, 5.41) is 4.19. The number of rotatable bonds is 5. The molecule has 0 heterocycles. The Morgan fingerprint density at radius 1 is 1.11 bits per heavy atom. The highest BCUT2D eigenvalue weighted by Gasteiger charge is 1.92. The van der Waals surface area contributed by atoms with Crippen LogP contribution in [0.4, 0.5) is 5.69 Å². The molecule has 19 heavy (non-hydrogen) atoms. The van der Waals surface area contributed by atoms with E-state index in [1.807, 2.05) is 55.5 Å². The monoisotopic (exact) mass is 318 g/mol. The van der Waals surface area contributed by atoms with Gasteiger partial charge in [0.1, 0.15) is 5.75 Å². The molecule has 3 nitrogen and oxygen atoms in total. The number of hydrogen-bond donors (Lipinski definition) is 1. The summed E-state index contributed by atoms with van der Waals surface area (Å²) in [6.07, 6.45) is 1.78. The van der Waals surface area contributed by atoms with Crippen molar-refractivity contribution in [2.45, 2.75) is 6.92 Å². The van der Waals surface area contributed by atoms with E-state index in [1.54, 1.807) is 6.21 Å². The molecule has 2 aromatic carbocycles. The van der Waals surface area contributed by atoms with E-state index >= 15 is 0 Å². The minimum absolute atomic E-state index is 0.679. The minimum Gasteiger partial charge on any atom is -0.494 e. The van der Waals surface area contributed by atoms with Crippen LogP contribution in [0.1, 0.15) is 12.5 Å². The largest absolute Gasteiger partial charge is 0.494 e. The second-order valence-corrected chi connectivity index (χ2v) is 4.79. The number of hydrogen-bond acceptors (Lipinski definition) is 3. The first-order chi connectivity index (χ1) is 9.28. The first kappa shape index (κ1) is 13.6. The highest BCUT2D eigenvalue weighted by molar-refractivity contribution is 9.10. The van der Waals surface area contributed by atoms with Crippen molar-refractivity contribution in [3.8, 4) is 5.75 Å². The Morgan fingerprint density at radius 3 is 2.42 bits per heavy atom. The lowest BCUT2D eigenvalue weighted by molar-refractivity contribution is 0.340. The van der Waals surface area contributed by atoms with Gasteiger partial charge in [0.25, 0.3) is 0 Å². The summed E-state index contributed by atoms with van der Waals surface area (Å²) in [4.78, 5) is 0. The molecule has 0 saturated heterocycles. The van der Waals surface area contributed by atoms with E-state index in [9.17, 15) is 0 Å². The Morgan fingerprint density at radius 2 is 1.79 bits per heavy atom. The molecule has 0 fully saturated rings. The zero-order valence-corrected chi connectivity index (χ0v) is 12.2. The molecule has 0 spiro atoms. The number of ether oxygens (including phenoxy) is 1. The quantitative estimate of drug-likeness (QED) is 0.659. The van der Waals surface area contributed by atoms with Crippen LogP contribution in [0, 0.1) is 0 Å². The fourth-order valence-corrected chi connectivity index (χ4v) is 1.79. The van der Waals surface area contributed by atoms with Gasteiger partial charge in [0.15, 0.2) is 0 Å². The molecule has 0 radical (unpaired) electrons. The molecule has 0 aliphatic carbocycles. The number of hydrazone groups is 1. The van der Waals surface area contributed by atoms with E-state index in [1.165, 1.54) is 0 Å². The van der Waals surface area contributed by atoms with E-state index in [0.29, 0.717) is 6.61 Å². The molecule has 0 aromatic heterocycles. The number of halogens is 1. The normalized spacial score (nSPS) is 10.6. The fraction of sp³-hybridized carbons (Fsp3) is 0.133. The number of anilines is 1. The minimum atomic E-state index is 0.679. The van der Waals surface area contributed by atoms with Crippen molar-refractivity contribution < 1.29 is 4.74 Å². The third kappa shape index (κ3) is 4.41. The lowest BCUT2D eigenvalue weighted by Crippen LogP contribution is -1.92. The summed E-state index contributed by atoms with van der Waals surface area (Å²) < 4.78 is 6.43. The van der Waals surface area contributed by atoms with Gasteiger partial charge in [-0.25, -0.2) is 0 Å². The van der Waals surface area contributed by atoms with Gasteiger partial charge < -0.3 is 4.74 Å². The van der Waals surface area contributed by atoms with Gasteiger partial charge in [-0.1, -0.05) is 15.9 Å². The van der Waals surface area contributed by atoms with E-state index < -0.39 is 0 Å². The molecular formula is C15H15BrN2O. The van der Waals surface area contributed by atoms with Crippen LogP contribution < -0.4 is 10.2 Å². The van der Waals surface area contributed by atoms with Crippen molar-refractivity contribution in [2.24, 2.45) is 5.10 Å². The zero-order valence-electron chi connectivity index (χ0n) is 10.6. The summed E-state index contributed by atoms with van der Waals surface area (Å²) in [7, 11) is 0. The summed E-state index contributed by atoms with van der Waals surface area (Å²) in [6, 6.07) is 15.7. The van der Waals surface area contributed by atoms with Crippen LogP contribution in [0.2, 0.25) is 0 Å². The third-order valence-electron chi connectivity index (χ3n) is 2.44. The van der Waals surface area contributed by atoms with Crippen LogP contribution >= 0.6 is 15.9 Å². The van der Waals surface area contributed by atoms with Crippen molar-refractivity contribution in [3.05, 3.63) is 58.6 Å². The van der Waals surface area contributed by atoms with Crippen molar-refractivity contribution in [1.29, 1.82) is 0 Å². The van der Waals surface area contributed by atoms with E-state index in [0.717, 1.165) is 21.5 Å². The van der Waals surface area contributed by atoms with Gasteiger partial charge in [0.05, 0.1) is 18.5 Å². The van der Waals surface area contributed by atoms with Crippen molar-refractivity contribution in [1.82, 2.24) is 0 Å². The van der Waals surface area contributed by atoms with Gasteiger partial charge in [-0.2, -0.15) is 5.10 Å². The lowest BCUT2D eigenvalue weighted by atomic mass is 10.2. The van der Waals surface area contributed by atoms with Crippen molar-refractivity contribution >= 4 is 27.8 Å². The maximum absolute atomic E-state index is 5.38. The van der Waals surface area contributed by atoms with Gasteiger partial charge in [-0.3, -0.25) is 5.43 Å². The first-order valence-electron chi connectivity index (χ1n) is 6.05. The zero-order chi connectivity index (χ0) is 13.5. The molecule has 0 amide bonds. The number of benzene rings is 2. The highest BCUT2D eigenvalue weighted by Crippen LogP contribution is 2.14. The van der Waals surface area contributed by atoms with Gasteiger partial charge in [-0.15, -0.1) is 0 Å². The number of nitrogens with one attached hydrogen (secondary N) is 1. The summed E-state index contributed by atoms with van der Waals surface area (Å²) in [5.74, 6) is 0.875. The Hall–Kier alpha value is -1.81. The standard InChI is InChI=1S/C15H15BrN2O/c1-2-19-15-9-3-12(4-10-15)11-17-18-14-7-5-13(16)6-8-14/h3-11,18H,2H2,1H3/b17-11+. The maximum atomic E-state index is 5.38. The van der Waals surface area contributed by atoms with Crippen molar-refractivity contribution in [2.75, 3.05) is 12.0 Å². The average Bonchev–Trinajstić information content (AvgIpc) is 2.43. The lowest BCUT2D eigenvalue weighted by Gasteiger charge is -2.02. The smallest absolute Gasteiger partial charge is 0.119 e. The predicted molar refractivity (Wildman–Crippen MR) is 83.0 cm³/mol. The second kappa shape index (κ2) is 6.95. The predicted octanol–water partition coefficient (Wildman–Crippen LogP) is 4.29. The average molecular weight is 319 g/mol. The first-order valence-corrected chi connectivity index (χ1v) is 6.85. The van der Waals surface area contributed by atoms with Gasteiger partial charge >= 0.3 is 0 Å². The van der Waals surface area contributed by atoms with Gasteiger partial charge in [0.2, 0.25) is 0 Å². The van der Waals surface area contributed by atoms with Crippen LogP contribution in [0.5, 0.6) is 5.75 Å². The van der Waals surface area contributed by atoms with Crippen LogP contribution in [0.25, 0.3) is 0 Å². The van der Waals surface area contributed by atoms with Crippen LogP contribution in [-0.4, -0.2) is 12.8 Å². The summed E-state index contributed by atoms with van der Waals surface area (Å²) in [5.41, 5.74) is 4.95.